The predicted octanol–water partition coefficient (Wildman–Crippen LogP) is 6.76. The second-order valence-electron chi connectivity index (χ2n) is 9.34. The minimum absolute atomic E-state index is 0.0634. The Morgan fingerprint density at radius 3 is 2.50 bits per heavy atom. The fourth-order valence-corrected chi connectivity index (χ4v) is 4.60. The lowest BCUT2D eigenvalue weighted by Gasteiger charge is -2.34. The SMILES string of the molecule is COC(=O)c1ccc2nc(Nc3ccc(OC(F)(F)F)cc3)n(C3=C[C@@H](C)CC(C)(C)C3)c2c1. The van der Waals surface area contributed by atoms with Gasteiger partial charge in [-0.15, -0.1) is 13.2 Å². The van der Waals surface area contributed by atoms with Gasteiger partial charge in [-0.05, 0) is 66.6 Å². The van der Waals surface area contributed by atoms with Crippen LogP contribution in [0.4, 0.5) is 24.8 Å². The van der Waals surface area contributed by atoms with E-state index in [4.69, 9.17) is 9.72 Å². The third kappa shape index (κ3) is 5.18. The van der Waals surface area contributed by atoms with Crippen LogP contribution >= 0.6 is 0 Å². The second kappa shape index (κ2) is 8.70. The lowest BCUT2D eigenvalue weighted by molar-refractivity contribution is -0.274. The number of anilines is 2. The molecule has 4 rings (SSSR count). The van der Waals surface area contributed by atoms with Gasteiger partial charge in [0.15, 0.2) is 0 Å². The Balaban J connectivity index is 1.78. The molecular formula is C25H26F3N3O3. The molecule has 6 nitrogen and oxygen atoms in total. The van der Waals surface area contributed by atoms with Gasteiger partial charge in [-0.25, -0.2) is 9.78 Å². The topological polar surface area (TPSA) is 65.4 Å². The van der Waals surface area contributed by atoms with Crippen molar-refractivity contribution in [3.8, 4) is 5.75 Å². The number of carbonyl (C=O) groups excluding carboxylic acids is 1. The molecule has 0 saturated carbocycles. The summed E-state index contributed by atoms with van der Waals surface area (Å²) in [4.78, 5) is 16.9. The number of carbonyl (C=O) groups is 1. The molecule has 1 atom stereocenters. The van der Waals surface area contributed by atoms with Crippen LogP contribution in [0.3, 0.4) is 0 Å². The largest absolute Gasteiger partial charge is 0.573 e. The standard InChI is InChI=1S/C25H26F3N3O3/c1-15-11-18(14-24(2,3)13-15)31-21-12-16(22(32)33-4)5-10-20(21)30-23(31)29-17-6-8-19(9-7-17)34-25(26,27)28/h5-12,15H,13-14H2,1-4H3,(H,29,30)/t15-/m1/s1. The van der Waals surface area contributed by atoms with Gasteiger partial charge in [0.2, 0.25) is 5.95 Å². The lowest BCUT2D eigenvalue weighted by Crippen LogP contribution is -2.22. The monoisotopic (exact) mass is 473 g/mol. The summed E-state index contributed by atoms with van der Waals surface area (Å²) >= 11 is 0. The third-order valence-electron chi connectivity index (χ3n) is 5.72. The highest BCUT2D eigenvalue weighted by Gasteiger charge is 2.31. The van der Waals surface area contributed by atoms with Gasteiger partial charge in [-0.2, -0.15) is 0 Å². The molecule has 0 amide bonds. The molecular weight excluding hydrogens is 447 g/mol. The van der Waals surface area contributed by atoms with Crippen molar-refractivity contribution in [1.82, 2.24) is 9.55 Å². The van der Waals surface area contributed by atoms with Crippen LogP contribution < -0.4 is 10.1 Å². The molecule has 3 aromatic rings. The van der Waals surface area contributed by atoms with Gasteiger partial charge in [0.05, 0.1) is 23.7 Å². The first-order valence-corrected chi connectivity index (χ1v) is 10.9. The van der Waals surface area contributed by atoms with E-state index in [-0.39, 0.29) is 11.2 Å². The number of methoxy groups -OCH3 is 1. The number of nitrogens with zero attached hydrogens (tertiary/aromatic N) is 2. The number of aromatic nitrogens is 2. The average molecular weight is 473 g/mol. The Bertz CT molecular complexity index is 1240. The summed E-state index contributed by atoms with van der Waals surface area (Å²) in [5, 5.41) is 3.21. The molecule has 0 unspecified atom stereocenters. The fourth-order valence-electron chi connectivity index (χ4n) is 4.60. The summed E-state index contributed by atoms with van der Waals surface area (Å²) in [6, 6.07) is 10.6. The quantitative estimate of drug-likeness (QED) is 0.415. The van der Waals surface area contributed by atoms with E-state index in [1.54, 1.807) is 18.2 Å². The zero-order valence-corrected chi connectivity index (χ0v) is 19.4. The molecule has 2 aromatic carbocycles. The van der Waals surface area contributed by atoms with Gasteiger partial charge in [-0.3, -0.25) is 4.57 Å². The molecule has 1 heterocycles. The Labute approximate surface area is 195 Å². The second-order valence-corrected chi connectivity index (χ2v) is 9.34. The summed E-state index contributed by atoms with van der Waals surface area (Å²) in [6.07, 6.45) is -0.724. The average Bonchev–Trinajstić information content (AvgIpc) is 3.09. The number of imidazole rings is 1. The van der Waals surface area contributed by atoms with Crippen LogP contribution in [0.25, 0.3) is 16.7 Å². The van der Waals surface area contributed by atoms with E-state index in [0.29, 0.717) is 28.6 Å². The first kappa shape index (κ1) is 23.7. The highest BCUT2D eigenvalue weighted by molar-refractivity contribution is 5.95. The summed E-state index contributed by atoms with van der Waals surface area (Å²) in [7, 11) is 1.33. The molecule has 180 valence electrons. The minimum Gasteiger partial charge on any atom is -0.465 e. The van der Waals surface area contributed by atoms with Crippen molar-refractivity contribution in [1.29, 1.82) is 0 Å². The summed E-state index contributed by atoms with van der Waals surface area (Å²) in [5.74, 6) is 0.0832. The van der Waals surface area contributed by atoms with Crippen molar-refractivity contribution in [2.24, 2.45) is 11.3 Å². The van der Waals surface area contributed by atoms with Gasteiger partial charge < -0.3 is 14.8 Å². The van der Waals surface area contributed by atoms with Crippen LogP contribution in [0.5, 0.6) is 5.75 Å². The van der Waals surface area contributed by atoms with Crippen molar-refractivity contribution >= 4 is 34.3 Å². The zero-order chi connectivity index (χ0) is 24.7. The zero-order valence-electron chi connectivity index (χ0n) is 19.4. The first-order valence-electron chi connectivity index (χ1n) is 10.9. The van der Waals surface area contributed by atoms with Crippen molar-refractivity contribution in [3.05, 3.63) is 54.1 Å². The molecule has 9 heteroatoms. The summed E-state index contributed by atoms with van der Waals surface area (Å²) < 4.78 is 48.3. The van der Waals surface area contributed by atoms with Crippen LogP contribution in [0, 0.1) is 11.3 Å². The van der Waals surface area contributed by atoms with Gasteiger partial charge in [-0.1, -0.05) is 26.8 Å². The maximum absolute atomic E-state index is 12.5. The van der Waals surface area contributed by atoms with Crippen molar-refractivity contribution in [2.45, 2.75) is 40.0 Å². The number of nitrogens with one attached hydrogen (secondary N) is 1. The summed E-state index contributed by atoms with van der Waals surface area (Å²) in [6.45, 7) is 6.58. The van der Waals surface area contributed by atoms with Crippen LogP contribution in [0.2, 0.25) is 0 Å². The number of alkyl halides is 3. The molecule has 1 N–H and O–H groups in total. The van der Waals surface area contributed by atoms with Crippen molar-refractivity contribution in [3.63, 3.8) is 0 Å². The maximum atomic E-state index is 12.5. The van der Waals surface area contributed by atoms with Crippen molar-refractivity contribution < 1.29 is 27.4 Å². The van der Waals surface area contributed by atoms with E-state index < -0.39 is 12.3 Å². The van der Waals surface area contributed by atoms with E-state index in [9.17, 15) is 18.0 Å². The van der Waals surface area contributed by atoms with Crippen LogP contribution in [0.1, 0.15) is 44.0 Å². The molecule has 0 radical (unpaired) electrons. The Morgan fingerprint density at radius 2 is 1.88 bits per heavy atom. The van der Waals surface area contributed by atoms with E-state index in [1.807, 2.05) is 4.57 Å². The molecule has 0 saturated heterocycles. The first-order chi connectivity index (χ1) is 15.9. The van der Waals surface area contributed by atoms with E-state index >= 15 is 0 Å². The highest BCUT2D eigenvalue weighted by atomic mass is 19.4. The predicted molar refractivity (Wildman–Crippen MR) is 124 cm³/mol. The highest BCUT2D eigenvalue weighted by Crippen LogP contribution is 2.42. The van der Waals surface area contributed by atoms with Crippen LogP contribution in [-0.4, -0.2) is 29.0 Å². The number of hydrogen-bond acceptors (Lipinski definition) is 5. The van der Waals surface area contributed by atoms with E-state index in [2.05, 4.69) is 36.9 Å². The number of hydrogen-bond donors (Lipinski definition) is 1. The Hall–Kier alpha value is -3.49. The molecule has 0 bridgehead atoms. The van der Waals surface area contributed by atoms with Gasteiger partial charge in [0.25, 0.3) is 0 Å². The smallest absolute Gasteiger partial charge is 0.465 e. The number of fused-ring (bicyclic) bond motifs is 1. The molecule has 1 aromatic heterocycles. The Kier molecular flexibility index (Phi) is 6.05. The normalized spacial score (nSPS) is 17.9. The number of halogens is 3. The van der Waals surface area contributed by atoms with Gasteiger partial charge in [0, 0.05) is 11.4 Å². The van der Waals surface area contributed by atoms with E-state index in [1.165, 1.54) is 31.4 Å². The molecule has 0 aliphatic heterocycles. The summed E-state index contributed by atoms with van der Waals surface area (Å²) in [5.41, 5.74) is 3.45. The number of ether oxygens (including phenoxy) is 2. The van der Waals surface area contributed by atoms with Crippen LogP contribution in [0.15, 0.2) is 48.5 Å². The number of rotatable bonds is 5. The number of allylic oxidation sites excluding steroid dienone is 2. The number of esters is 1. The molecule has 1 aliphatic carbocycles. The maximum Gasteiger partial charge on any atom is 0.573 e. The molecule has 0 fully saturated rings. The lowest BCUT2D eigenvalue weighted by atomic mass is 9.75. The fraction of sp³-hybridized carbons (Fsp3) is 0.360. The molecule has 0 spiro atoms. The number of benzene rings is 2. The van der Waals surface area contributed by atoms with Crippen molar-refractivity contribution in [2.75, 3.05) is 12.4 Å². The Morgan fingerprint density at radius 1 is 1.18 bits per heavy atom. The molecule has 1 aliphatic rings. The van der Waals surface area contributed by atoms with Gasteiger partial charge in [0.1, 0.15) is 5.75 Å². The third-order valence-corrected chi connectivity index (χ3v) is 5.72. The van der Waals surface area contributed by atoms with E-state index in [0.717, 1.165) is 24.1 Å². The van der Waals surface area contributed by atoms with Crippen LogP contribution in [-0.2, 0) is 4.74 Å². The minimum atomic E-state index is -4.75. The molecule has 34 heavy (non-hydrogen) atoms. The van der Waals surface area contributed by atoms with Gasteiger partial charge >= 0.3 is 12.3 Å².